The van der Waals surface area contributed by atoms with Gasteiger partial charge in [0.05, 0.1) is 17.3 Å². The van der Waals surface area contributed by atoms with Crippen LogP contribution in [0, 0.1) is 0 Å². The topological polar surface area (TPSA) is 54.1 Å². The van der Waals surface area contributed by atoms with Gasteiger partial charge in [-0.15, -0.1) is 0 Å². The molecule has 0 aliphatic carbocycles. The first-order valence-corrected chi connectivity index (χ1v) is 14.1. The first kappa shape index (κ1) is 27.3. The molecule has 4 aromatic rings. The fourth-order valence-corrected chi connectivity index (χ4v) is 5.71. The largest absolute Gasteiger partial charge is 0.490 e. The number of furan rings is 1. The molecule has 0 radical (unpaired) electrons. The molecule has 1 unspecified atom stereocenters. The van der Waals surface area contributed by atoms with Gasteiger partial charge >= 0.3 is 6.18 Å². The lowest BCUT2D eigenvalue weighted by Crippen LogP contribution is -2.38. The Labute approximate surface area is 237 Å². The summed E-state index contributed by atoms with van der Waals surface area (Å²) >= 11 is 0. The summed E-state index contributed by atoms with van der Waals surface area (Å²) in [4.78, 5) is 13.7. The van der Waals surface area contributed by atoms with Gasteiger partial charge in [-0.3, -0.25) is 14.9 Å². The fraction of sp³-hybridized carbons (Fsp3) is 0.375. The molecule has 2 aromatic carbocycles. The second kappa shape index (κ2) is 11.6. The van der Waals surface area contributed by atoms with Crippen molar-refractivity contribution in [2.24, 2.45) is 4.99 Å². The third-order valence-corrected chi connectivity index (χ3v) is 7.90. The van der Waals surface area contributed by atoms with E-state index < -0.39 is 11.7 Å². The molecule has 0 N–H and O–H groups in total. The summed E-state index contributed by atoms with van der Waals surface area (Å²) in [6, 6.07) is 17.6. The molecule has 0 spiro atoms. The summed E-state index contributed by atoms with van der Waals surface area (Å²) in [6.45, 7) is 6.28. The number of likely N-dealkylation sites (tertiary alicyclic amines) is 1. The van der Waals surface area contributed by atoms with Crippen molar-refractivity contribution in [3.8, 4) is 5.75 Å². The molecule has 6 nitrogen and oxygen atoms in total. The standard InChI is InChI=1S/C32H33F3N4O2/c1-22(37-26-10-14-38(21-26)20-23-3-2-13-36-19-23)31-18-24-17-29(8-9-30(24)41-31)40-28-11-15-39(16-12-28)27-6-4-25(5-7-27)32(33,34)35/h2-9,13,17-19,26,28H,10-12,14-16,20-21H2,1H3. The van der Waals surface area contributed by atoms with E-state index in [0.717, 1.165) is 98.0 Å². The Balaban J connectivity index is 1.03. The predicted octanol–water partition coefficient (Wildman–Crippen LogP) is 6.98. The Morgan fingerprint density at radius 1 is 1.02 bits per heavy atom. The Morgan fingerprint density at radius 2 is 1.83 bits per heavy atom. The van der Waals surface area contributed by atoms with Gasteiger partial charge in [-0.25, -0.2) is 0 Å². The SMILES string of the molecule is CC(=NC1CCN(Cc2cccnc2)C1)c1cc2cc(OC3CCN(c4ccc(C(F)(F)F)cc4)CC3)ccc2o1. The zero-order chi connectivity index (χ0) is 28.4. The maximum atomic E-state index is 12.9. The van der Waals surface area contributed by atoms with Crippen molar-refractivity contribution in [2.45, 2.75) is 51.1 Å². The zero-order valence-electron chi connectivity index (χ0n) is 23.0. The van der Waals surface area contributed by atoms with E-state index in [9.17, 15) is 13.2 Å². The van der Waals surface area contributed by atoms with Gasteiger partial charge in [0.25, 0.3) is 0 Å². The molecule has 2 aliphatic heterocycles. The summed E-state index contributed by atoms with van der Waals surface area (Å²) in [5.41, 5.74) is 3.09. The smallest absolute Gasteiger partial charge is 0.416 e. The minimum Gasteiger partial charge on any atom is -0.490 e. The lowest BCUT2D eigenvalue weighted by molar-refractivity contribution is -0.137. The molecule has 2 saturated heterocycles. The van der Waals surface area contributed by atoms with Crippen LogP contribution >= 0.6 is 0 Å². The molecule has 2 fully saturated rings. The number of hydrogen-bond acceptors (Lipinski definition) is 6. The van der Waals surface area contributed by atoms with E-state index in [2.05, 4.69) is 20.9 Å². The lowest BCUT2D eigenvalue weighted by Gasteiger charge is -2.33. The first-order chi connectivity index (χ1) is 19.8. The minimum atomic E-state index is -4.32. The van der Waals surface area contributed by atoms with Crippen LogP contribution in [0.2, 0.25) is 0 Å². The van der Waals surface area contributed by atoms with E-state index in [1.807, 2.05) is 43.5 Å². The molecule has 0 bridgehead atoms. The van der Waals surface area contributed by atoms with Crippen LogP contribution in [-0.4, -0.2) is 53.9 Å². The molecule has 0 saturated carbocycles. The molecular weight excluding hydrogens is 529 g/mol. The molecule has 6 rings (SSSR count). The summed E-state index contributed by atoms with van der Waals surface area (Å²) in [5.74, 6) is 1.56. The van der Waals surface area contributed by atoms with Crippen molar-refractivity contribution in [3.63, 3.8) is 0 Å². The molecule has 2 aromatic heterocycles. The number of ether oxygens (including phenoxy) is 1. The van der Waals surface area contributed by atoms with Gasteiger partial charge in [-0.2, -0.15) is 13.2 Å². The number of benzene rings is 2. The molecular formula is C32H33F3N4O2. The quantitative estimate of drug-likeness (QED) is 0.228. The van der Waals surface area contributed by atoms with Crippen molar-refractivity contribution in [3.05, 3.63) is 89.9 Å². The minimum absolute atomic E-state index is 0.0461. The third-order valence-electron chi connectivity index (χ3n) is 7.90. The maximum absolute atomic E-state index is 12.9. The van der Waals surface area contributed by atoms with Gasteiger partial charge in [-0.05, 0) is 73.5 Å². The number of aromatic nitrogens is 1. The van der Waals surface area contributed by atoms with Crippen LogP contribution in [-0.2, 0) is 12.7 Å². The Hall–Kier alpha value is -3.85. The van der Waals surface area contributed by atoms with Crippen molar-refractivity contribution in [2.75, 3.05) is 31.1 Å². The highest BCUT2D eigenvalue weighted by molar-refractivity contribution is 6.00. The van der Waals surface area contributed by atoms with E-state index >= 15 is 0 Å². The number of pyridine rings is 1. The zero-order valence-corrected chi connectivity index (χ0v) is 23.0. The van der Waals surface area contributed by atoms with Gasteiger partial charge in [0, 0.05) is 69.0 Å². The highest BCUT2D eigenvalue weighted by atomic mass is 19.4. The van der Waals surface area contributed by atoms with Gasteiger partial charge in [0.2, 0.25) is 0 Å². The number of anilines is 1. The lowest BCUT2D eigenvalue weighted by atomic mass is 10.1. The molecule has 1 atom stereocenters. The predicted molar refractivity (Wildman–Crippen MR) is 154 cm³/mol. The van der Waals surface area contributed by atoms with Crippen LogP contribution in [0.4, 0.5) is 18.9 Å². The number of piperidine rings is 1. The average molecular weight is 563 g/mol. The number of alkyl halides is 3. The van der Waals surface area contributed by atoms with E-state index in [1.165, 1.54) is 5.56 Å². The Kier molecular flexibility index (Phi) is 7.71. The second-order valence-corrected chi connectivity index (χ2v) is 10.9. The normalized spacial score (nSPS) is 19.3. The van der Waals surface area contributed by atoms with Gasteiger partial charge < -0.3 is 14.1 Å². The van der Waals surface area contributed by atoms with Gasteiger partial charge in [-0.1, -0.05) is 6.07 Å². The molecule has 41 heavy (non-hydrogen) atoms. The maximum Gasteiger partial charge on any atom is 0.416 e. The third kappa shape index (κ3) is 6.56. The van der Waals surface area contributed by atoms with E-state index in [4.69, 9.17) is 14.1 Å². The van der Waals surface area contributed by atoms with Crippen LogP contribution in [0.15, 0.2) is 82.5 Å². The van der Waals surface area contributed by atoms with Crippen molar-refractivity contribution >= 4 is 22.4 Å². The molecule has 2 aliphatic rings. The van der Waals surface area contributed by atoms with Crippen LogP contribution in [0.25, 0.3) is 11.0 Å². The highest BCUT2D eigenvalue weighted by Crippen LogP contribution is 2.32. The summed E-state index contributed by atoms with van der Waals surface area (Å²) in [7, 11) is 0. The van der Waals surface area contributed by atoms with Crippen LogP contribution in [0.1, 0.15) is 43.1 Å². The van der Waals surface area contributed by atoms with E-state index in [0.29, 0.717) is 0 Å². The van der Waals surface area contributed by atoms with Crippen LogP contribution in [0.5, 0.6) is 5.75 Å². The van der Waals surface area contributed by atoms with E-state index in [-0.39, 0.29) is 12.1 Å². The molecule has 214 valence electrons. The number of hydrogen-bond donors (Lipinski definition) is 0. The van der Waals surface area contributed by atoms with Crippen LogP contribution < -0.4 is 9.64 Å². The van der Waals surface area contributed by atoms with Crippen molar-refractivity contribution < 1.29 is 22.3 Å². The fourth-order valence-electron chi connectivity index (χ4n) is 5.71. The second-order valence-electron chi connectivity index (χ2n) is 10.9. The highest BCUT2D eigenvalue weighted by Gasteiger charge is 2.30. The average Bonchev–Trinajstić information content (AvgIpc) is 3.60. The Morgan fingerprint density at radius 3 is 2.56 bits per heavy atom. The first-order valence-electron chi connectivity index (χ1n) is 14.1. The van der Waals surface area contributed by atoms with E-state index in [1.54, 1.807) is 18.3 Å². The summed E-state index contributed by atoms with van der Waals surface area (Å²) in [6.07, 6.45) is 2.05. The van der Waals surface area contributed by atoms with Gasteiger partial charge in [0.15, 0.2) is 0 Å². The number of fused-ring (bicyclic) bond motifs is 1. The number of rotatable bonds is 7. The van der Waals surface area contributed by atoms with Crippen LogP contribution in [0.3, 0.4) is 0 Å². The molecule has 9 heteroatoms. The molecule has 0 amide bonds. The van der Waals surface area contributed by atoms with Gasteiger partial charge in [0.1, 0.15) is 23.2 Å². The Bertz CT molecular complexity index is 1490. The summed E-state index contributed by atoms with van der Waals surface area (Å²) < 4.78 is 51.0. The number of aliphatic imine (C=N–C) groups is 1. The monoisotopic (exact) mass is 562 g/mol. The number of nitrogens with zero attached hydrogens (tertiary/aromatic N) is 4. The molecule has 4 heterocycles. The van der Waals surface area contributed by atoms with Crippen molar-refractivity contribution in [1.82, 2.24) is 9.88 Å². The number of halogens is 3. The van der Waals surface area contributed by atoms with Crippen molar-refractivity contribution in [1.29, 1.82) is 0 Å². The summed E-state index contributed by atoms with van der Waals surface area (Å²) in [5, 5.41) is 0.971.